The van der Waals surface area contributed by atoms with E-state index in [1.54, 1.807) is 0 Å². The molecule has 0 fully saturated rings. The molecule has 0 radical (unpaired) electrons. The van der Waals surface area contributed by atoms with Gasteiger partial charge in [0.1, 0.15) is 5.82 Å². The first-order valence-electron chi connectivity index (χ1n) is 6.88. The van der Waals surface area contributed by atoms with E-state index in [0.29, 0.717) is 5.88 Å². The quantitative estimate of drug-likeness (QED) is 0.774. The molecule has 0 aliphatic rings. The van der Waals surface area contributed by atoms with Gasteiger partial charge in [0.2, 0.25) is 0 Å². The molecule has 0 bridgehead atoms. The van der Waals surface area contributed by atoms with Gasteiger partial charge in [-0.25, -0.2) is 4.98 Å². The molecule has 0 saturated heterocycles. The van der Waals surface area contributed by atoms with Crippen LogP contribution in [0.1, 0.15) is 26.7 Å². The van der Waals surface area contributed by atoms with Gasteiger partial charge in [-0.05, 0) is 24.3 Å². The molecule has 0 atom stereocenters. The van der Waals surface area contributed by atoms with Gasteiger partial charge in [-0.2, -0.15) is 0 Å². The van der Waals surface area contributed by atoms with Crippen molar-refractivity contribution in [3.05, 3.63) is 36.5 Å². The number of nitrogens with zero attached hydrogens (tertiary/aromatic N) is 1. The van der Waals surface area contributed by atoms with E-state index in [2.05, 4.69) is 36.3 Å². The Morgan fingerprint density at radius 3 is 2.58 bits per heavy atom. The Kier molecular flexibility index (Phi) is 4.65. The number of nitrogens with one attached hydrogen (secondary N) is 1. The monoisotopic (exact) mass is 276 g/mol. The largest absolute Gasteiger partial charge is 0.369 e. The van der Waals surface area contributed by atoms with Crippen LogP contribution in [0.15, 0.2) is 36.5 Å². The van der Waals surface area contributed by atoms with Gasteiger partial charge in [-0.3, -0.25) is 0 Å². The Labute approximate surface area is 120 Å². The second-order valence-electron chi connectivity index (χ2n) is 5.07. The molecule has 19 heavy (non-hydrogen) atoms. The van der Waals surface area contributed by atoms with E-state index >= 15 is 0 Å². The Bertz CT molecular complexity index is 522. The van der Waals surface area contributed by atoms with Crippen molar-refractivity contribution in [2.24, 2.45) is 5.41 Å². The molecule has 102 valence electrons. The third-order valence-corrected chi connectivity index (χ3v) is 4.65. The lowest BCUT2D eigenvalue weighted by molar-refractivity contribution is 0.326. The minimum absolute atomic E-state index is 0.153. The maximum Gasteiger partial charge on any atom is 0.133 e. The predicted octanol–water partition coefficient (Wildman–Crippen LogP) is 4.69. The molecule has 2 nitrogen and oxygen atoms in total. The van der Waals surface area contributed by atoms with Gasteiger partial charge in [0.05, 0.1) is 0 Å². The van der Waals surface area contributed by atoms with Crippen molar-refractivity contribution >= 4 is 28.2 Å². The van der Waals surface area contributed by atoms with E-state index in [1.807, 2.05) is 24.4 Å². The maximum atomic E-state index is 6.15. The van der Waals surface area contributed by atoms with Gasteiger partial charge in [-0.15, -0.1) is 11.6 Å². The molecule has 1 N–H and O–H groups in total. The normalized spacial score (nSPS) is 11.7. The molecule has 0 amide bonds. The minimum Gasteiger partial charge on any atom is -0.369 e. The number of hydrogen-bond donors (Lipinski definition) is 1. The van der Waals surface area contributed by atoms with Crippen molar-refractivity contribution < 1.29 is 0 Å². The lowest BCUT2D eigenvalue weighted by Crippen LogP contribution is -2.30. The van der Waals surface area contributed by atoms with Crippen molar-refractivity contribution in [3.8, 4) is 0 Å². The van der Waals surface area contributed by atoms with Gasteiger partial charge in [0.25, 0.3) is 0 Å². The molecule has 0 saturated carbocycles. The van der Waals surface area contributed by atoms with E-state index in [9.17, 15) is 0 Å². The molecule has 0 aliphatic carbocycles. The second kappa shape index (κ2) is 6.25. The van der Waals surface area contributed by atoms with Gasteiger partial charge in [0.15, 0.2) is 0 Å². The standard InChI is InChI=1S/C16H21ClN2/c1-3-16(4-2,11-17)12-19-15-14-8-6-5-7-13(14)9-10-18-15/h5-10H,3-4,11-12H2,1-2H3,(H,18,19). The zero-order valence-corrected chi connectivity index (χ0v) is 12.4. The number of fused-ring (bicyclic) bond motifs is 1. The van der Waals surface area contributed by atoms with E-state index in [4.69, 9.17) is 11.6 Å². The molecule has 1 aromatic carbocycles. The van der Waals surface area contributed by atoms with Gasteiger partial charge >= 0.3 is 0 Å². The summed E-state index contributed by atoms with van der Waals surface area (Å²) in [5, 5.41) is 5.87. The summed E-state index contributed by atoms with van der Waals surface area (Å²) in [7, 11) is 0. The number of alkyl halides is 1. The Balaban J connectivity index is 2.22. The molecule has 2 rings (SSSR count). The number of rotatable bonds is 6. The van der Waals surface area contributed by atoms with Crippen LogP contribution in [0, 0.1) is 5.41 Å². The van der Waals surface area contributed by atoms with Crippen molar-refractivity contribution in [2.45, 2.75) is 26.7 Å². The maximum absolute atomic E-state index is 6.15. The zero-order chi connectivity index (χ0) is 13.7. The van der Waals surface area contributed by atoms with Crippen molar-refractivity contribution in [1.29, 1.82) is 0 Å². The van der Waals surface area contributed by atoms with Crippen LogP contribution >= 0.6 is 11.6 Å². The van der Waals surface area contributed by atoms with Crippen LogP contribution in [-0.4, -0.2) is 17.4 Å². The molecule has 0 unspecified atom stereocenters. The van der Waals surface area contributed by atoms with Crippen LogP contribution in [0.4, 0.5) is 5.82 Å². The Morgan fingerprint density at radius 1 is 1.16 bits per heavy atom. The second-order valence-corrected chi connectivity index (χ2v) is 5.34. The first-order chi connectivity index (χ1) is 9.24. The fraction of sp³-hybridized carbons (Fsp3) is 0.438. The molecule has 2 aromatic rings. The number of halogens is 1. The summed E-state index contributed by atoms with van der Waals surface area (Å²) in [6.07, 6.45) is 4.00. The molecular formula is C16H21ClN2. The molecule has 0 spiro atoms. The summed E-state index contributed by atoms with van der Waals surface area (Å²) in [5.74, 6) is 1.63. The lowest BCUT2D eigenvalue weighted by Gasteiger charge is -2.29. The summed E-state index contributed by atoms with van der Waals surface area (Å²) in [5.41, 5.74) is 0.153. The molecular weight excluding hydrogens is 256 g/mol. The minimum atomic E-state index is 0.153. The number of aromatic nitrogens is 1. The summed E-state index contributed by atoms with van der Waals surface area (Å²) in [6.45, 7) is 5.26. The number of anilines is 1. The van der Waals surface area contributed by atoms with Crippen LogP contribution in [0.2, 0.25) is 0 Å². The number of pyridine rings is 1. The number of hydrogen-bond acceptors (Lipinski definition) is 2. The number of benzene rings is 1. The van der Waals surface area contributed by atoms with Crippen LogP contribution < -0.4 is 5.32 Å². The van der Waals surface area contributed by atoms with Crippen molar-refractivity contribution in [1.82, 2.24) is 4.98 Å². The smallest absolute Gasteiger partial charge is 0.133 e. The zero-order valence-electron chi connectivity index (χ0n) is 11.6. The van der Waals surface area contributed by atoms with Gasteiger partial charge in [-0.1, -0.05) is 38.1 Å². The van der Waals surface area contributed by atoms with E-state index in [0.717, 1.165) is 25.2 Å². The van der Waals surface area contributed by atoms with Crippen LogP contribution in [0.5, 0.6) is 0 Å². The summed E-state index contributed by atoms with van der Waals surface area (Å²) in [6, 6.07) is 10.3. The highest BCUT2D eigenvalue weighted by Gasteiger charge is 2.25. The van der Waals surface area contributed by atoms with Gasteiger partial charge < -0.3 is 5.32 Å². The van der Waals surface area contributed by atoms with E-state index in [-0.39, 0.29) is 5.41 Å². The first-order valence-corrected chi connectivity index (χ1v) is 7.41. The molecule has 1 aromatic heterocycles. The highest BCUT2D eigenvalue weighted by atomic mass is 35.5. The topological polar surface area (TPSA) is 24.9 Å². The van der Waals surface area contributed by atoms with E-state index < -0.39 is 0 Å². The first kappa shape index (κ1) is 14.1. The molecule has 0 aliphatic heterocycles. The molecule has 1 heterocycles. The van der Waals surface area contributed by atoms with Crippen LogP contribution in [0.3, 0.4) is 0 Å². The summed E-state index contributed by atoms with van der Waals surface area (Å²) >= 11 is 6.15. The third kappa shape index (κ3) is 3.01. The highest BCUT2D eigenvalue weighted by molar-refractivity contribution is 6.18. The van der Waals surface area contributed by atoms with Crippen LogP contribution in [-0.2, 0) is 0 Å². The van der Waals surface area contributed by atoms with Gasteiger partial charge in [0, 0.05) is 29.4 Å². The SMILES string of the molecule is CCC(CC)(CCl)CNc1nccc2ccccc12. The average Bonchev–Trinajstić information content (AvgIpc) is 2.49. The lowest BCUT2D eigenvalue weighted by atomic mass is 9.84. The van der Waals surface area contributed by atoms with Crippen molar-refractivity contribution in [2.75, 3.05) is 17.7 Å². The Morgan fingerprint density at radius 2 is 1.89 bits per heavy atom. The molecule has 3 heteroatoms. The Hall–Kier alpha value is -1.28. The predicted molar refractivity (Wildman–Crippen MR) is 84.0 cm³/mol. The fourth-order valence-corrected chi connectivity index (χ4v) is 2.74. The third-order valence-electron chi connectivity index (χ3n) is 4.09. The van der Waals surface area contributed by atoms with E-state index in [1.165, 1.54) is 10.8 Å². The fourth-order valence-electron chi connectivity index (χ4n) is 2.27. The van der Waals surface area contributed by atoms with Crippen molar-refractivity contribution in [3.63, 3.8) is 0 Å². The van der Waals surface area contributed by atoms with Crippen LogP contribution in [0.25, 0.3) is 10.8 Å². The average molecular weight is 277 g/mol. The summed E-state index contributed by atoms with van der Waals surface area (Å²) < 4.78 is 0. The summed E-state index contributed by atoms with van der Waals surface area (Å²) in [4.78, 5) is 4.46. The highest BCUT2D eigenvalue weighted by Crippen LogP contribution is 2.29.